The van der Waals surface area contributed by atoms with Crippen molar-refractivity contribution in [1.82, 2.24) is 10.2 Å². The number of amides is 1. The second-order valence-corrected chi connectivity index (χ2v) is 5.09. The highest BCUT2D eigenvalue weighted by molar-refractivity contribution is 5.78. The highest BCUT2D eigenvalue weighted by Gasteiger charge is 2.13. The van der Waals surface area contributed by atoms with Crippen molar-refractivity contribution >= 4 is 5.91 Å². The number of likely N-dealkylation sites (N-methyl/N-ethyl adjacent to an activating group) is 1. The molecule has 112 valence electrons. The van der Waals surface area contributed by atoms with Crippen LogP contribution in [-0.2, 0) is 4.79 Å². The van der Waals surface area contributed by atoms with Crippen LogP contribution in [0.5, 0.6) is 0 Å². The highest BCUT2D eigenvalue weighted by Crippen LogP contribution is 2.16. The lowest BCUT2D eigenvalue weighted by molar-refractivity contribution is -0.122. The van der Waals surface area contributed by atoms with Crippen molar-refractivity contribution < 1.29 is 9.90 Å². The molecular weight excluding hydrogens is 252 g/mol. The van der Waals surface area contributed by atoms with Crippen LogP contribution in [0.1, 0.15) is 37.4 Å². The monoisotopic (exact) mass is 278 g/mol. The van der Waals surface area contributed by atoms with E-state index >= 15 is 0 Å². The van der Waals surface area contributed by atoms with E-state index in [0.29, 0.717) is 13.0 Å². The number of rotatable bonds is 8. The molecule has 4 heteroatoms. The third-order valence-corrected chi connectivity index (χ3v) is 3.48. The first-order valence-corrected chi connectivity index (χ1v) is 7.26. The van der Waals surface area contributed by atoms with Gasteiger partial charge in [-0.05, 0) is 37.9 Å². The normalized spacial score (nSPS) is 12.4. The molecule has 0 bridgehead atoms. The predicted octanol–water partition coefficient (Wildman–Crippen LogP) is 1.88. The van der Waals surface area contributed by atoms with Gasteiger partial charge < -0.3 is 10.4 Å². The lowest BCUT2D eigenvalue weighted by Gasteiger charge is -2.22. The summed E-state index contributed by atoms with van der Waals surface area (Å²) in [6, 6.07) is 8.10. The largest absolute Gasteiger partial charge is 0.396 e. The molecule has 1 aromatic rings. The van der Waals surface area contributed by atoms with Crippen LogP contribution in [0.2, 0.25) is 0 Å². The summed E-state index contributed by atoms with van der Waals surface area (Å²) in [4.78, 5) is 14.1. The zero-order valence-electron chi connectivity index (χ0n) is 12.7. The summed E-state index contributed by atoms with van der Waals surface area (Å²) >= 11 is 0. The lowest BCUT2D eigenvalue weighted by atomic mass is 10.0. The Bertz CT molecular complexity index is 421. The van der Waals surface area contributed by atoms with Crippen LogP contribution in [-0.4, -0.2) is 42.2 Å². The van der Waals surface area contributed by atoms with Crippen molar-refractivity contribution in [2.24, 2.45) is 0 Å². The molecule has 4 nitrogen and oxygen atoms in total. The second kappa shape index (κ2) is 8.72. The van der Waals surface area contributed by atoms with Gasteiger partial charge in [0.1, 0.15) is 0 Å². The van der Waals surface area contributed by atoms with E-state index in [0.717, 1.165) is 18.7 Å². The number of carbonyl (C=O) groups is 1. The molecule has 2 N–H and O–H groups in total. The highest BCUT2D eigenvalue weighted by atomic mass is 16.3. The molecule has 0 radical (unpaired) electrons. The Kier molecular flexibility index (Phi) is 7.26. The molecule has 1 rings (SSSR count). The van der Waals surface area contributed by atoms with Gasteiger partial charge in [0.2, 0.25) is 5.91 Å². The zero-order valence-corrected chi connectivity index (χ0v) is 12.7. The topological polar surface area (TPSA) is 52.6 Å². The number of nitrogens with zero attached hydrogens (tertiary/aromatic N) is 1. The molecule has 1 aromatic carbocycles. The van der Waals surface area contributed by atoms with E-state index < -0.39 is 0 Å². The Morgan fingerprint density at radius 3 is 2.70 bits per heavy atom. The van der Waals surface area contributed by atoms with E-state index in [-0.39, 0.29) is 18.6 Å². The summed E-state index contributed by atoms with van der Waals surface area (Å²) in [5, 5.41) is 11.9. The maximum Gasteiger partial charge on any atom is 0.234 e. The number of aryl methyl sites for hydroxylation is 1. The Morgan fingerprint density at radius 2 is 2.10 bits per heavy atom. The van der Waals surface area contributed by atoms with Gasteiger partial charge in [-0.25, -0.2) is 0 Å². The number of hydrogen-bond donors (Lipinski definition) is 2. The van der Waals surface area contributed by atoms with Crippen molar-refractivity contribution in [3.05, 3.63) is 35.4 Å². The molecule has 0 spiro atoms. The molecule has 0 aliphatic rings. The summed E-state index contributed by atoms with van der Waals surface area (Å²) in [6.45, 7) is 8.19. The molecule has 1 amide bonds. The minimum Gasteiger partial charge on any atom is -0.396 e. The fourth-order valence-electron chi connectivity index (χ4n) is 2.28. The molecule has 0 aliphatic carbocycles. The van der Waals surface area contributed by atoms with E-state index in [1.54, 1.807) is 0 Å². The van der Waals surface area contributed by atoms with Gasteiger partial charge in [-0.15, -0.1) is 0 Å². The first kappa shape index (κ1) is 16.7. The summed E-state index contributed by atoms with van der Waals surface area (Å²) in [5.74, 6) is 0.0283. The summed E-state index contributed by atoms with van der Waals surface area (Å²) < 4.78 is 0. The molecule has 1 atom stereocenters. The number of carbonyl (C=O) groups excluding carboxylic acids is 1. The first-order valence-electron chi connectivity index (χ1n) is 7.26. The molecule has 0 saturated carbocycles. The van der Waals surface area contributed by atoms with Crippen molar-refractivity contribution in [3.8, 4) is 0 Å². The average Bonchev–Trinajstić information content (AvgIpc) is 2.43. The lowest BCUT2D eigenvalue weighted by Crippen LogP contribution is -2.39. The van der Waals surface area contributed by atoms with Gasteiger partial charge in [0.15, 0.2) is 0 Å². The minimum atomic E-state index is 0.0141. The van der Waals surface area contributed by atoms with Crippen molar-refractivity contribution in [2.45, 2.75) is 33.2 Å². The third kappa shape index (κ3) is 5.31. The van der Waals surface area contributed by atoms with Gasteiger partial charge in [-0.3, -0.25) is 9.69 Å². The molecule has 20 heavy (non-hydrogen) atoms. The molecule has 0 fully saturated rings. The molecule has 0 heterocycles. The Labute approximate surface area is 121 Å². The molecule has 0 saturated heterocycles. The average molecular weight is 278 g/mol. The quantitative estimate of drug-likeness (QED) is 0.763. The smallest absolute Gasteiger partial charge is 0.234 e. The van der Waals surface area contributed by atoms with E-state index in [2.05, 4.69) is 18.3 Å². The van der Waals surface area contributed by atoms with Gasteiger partial charge in [0.25, 0.3) is 0 Å². The van der Waals surface area contributed by atoms with Gasteiger partial charge >= 0.3 is 0 Å². The third-order valence-electron chi connectivity index (χ3n) is 3.48. The van der Waals surface area contributed by atoms with Gasteiger partial charge in [-0.1, -0.05) is 31.2 Å². The SMILES string of the molecule is CCN(CCCO)CC(=O)NC(C)c1ccccc1C. The Morgan fingerprint density at radius 1 is 1.40 bits per heavy atom. The van der Waals surface area contributed by atoms with Gasteiger partial charge in [-0.2, -0.15) is 0 Å². The molecule has 0 aromatic heterocycles. The number of benzene rings is 1. The number of aliphatic hydroxyl groups excluding tert-OH is 1. The van der Waals surface area contributed by atoms with Crippen LogP contribution >= 0.6 is 0 Å². The molecule has 1 unspecified atom stereocenters. The van der Waals surface area contributed by atoms with E-state index in [4.69, 9.17) is 5.11 Å². The molecular formula is C16H26N2O2. The standard InChI is InChI=1S/C16H26N2O2/c1-4-18(10-7-11-19)12-16(20)17-14(3)15-9-6-5-8-13(15)2/h5-6,8-9,14,19H,4,7,10-12H2,1-3H3,(H,17,20). The van der Waals surface area contributed by atoms with Gasteiger partial charge in [0.05, 0.1) is 12.6 Å². The number of hydrogen-bond acceptors (Lipinski definition) is 3. The van der Waals surface area contributed by atoms with Crippen LogP contribution < -0.4 is 5.32 Å². The summed E-state index contributed by atoms with van der Waals surface area (Å²) in [7, 11) is 0. The van der Waals surface area contributed by atoms with Crippen LogP contribution in [0.4, 0.5) is 0 Å². The molecule has 0 aliphatic heterocycles. The maximum absolute atomic E-state index is 12.1. The second-order valence-electron chi connectivity index (χ2n) is 5.09. The van der Waals surface area contributed by atoms with Crippen molar-refractivity contribution in [2.75, 3.05) is 26.2 Å². The van der Waals surface area contributed by atoms with Crippen molar-refractivity contribution in [3.63, 3.8) is 0 Å². The first-order chi connectivity index (χ1) is 9.58. The van der Waals surface area contributed by atoms with Crippen LogP contribution in [0.25, 0.3) is 0 Å². The number of aliphatic hydroxyl groups is 1. The summed E-state index contributed by atoms with van der Waals surface area (Å²) in [6.07, 6.45) is 0.703. The van der Waals surface area contributed by atoms with E-state index in [9.17, 15) is 4.79 Å². The van der Waals surface area contributed by atoms with Crippen LogP contribution in [0.3, 0.4) is 0 Å². The maximum atomic E-state index is 12.1. The zero-order chi connectivity index (χ0) is 15.0. The summed E-state index contributed by atoms with van der Waals surface area (Å²) in [5.41, 5.74) is 2.34. The van der Waals surface area contributed by atoms with E-state index in [1.165, 1.54) is 5.56 Å². The Hall–Kier alpha value is -1.39. The Balaban J connectivity index is 2.51. The fourth-order valence-corrected chi connectivity index (χ4v) is 2.28. The van der Waals surface area contributed by atoms with Crippen LogP contribution in [0.15, 0.2) is 24.3 Å². The van der Waals surface area contributed by atoms with Crippen molar-refractivity contribution in [1.29, 1.82) is 0 Å². The minimum absolute atomic E-state index is 0.0141. The number of nitrogens with one attached hydrogen (secondary N) is 1. The predicted molar refractivity (Wildman–Crippen MR) is 81.6 cm³/mol. The van der Waals surface area contributed by atoms with Gasteiger partial charge in [0, 0.05) is 13.2 Å². The fraction of sp³-hybridized carbons (Fsp3) is 0.562. The van der Waals surface area contributed by atoms with Crippen LogP contribution in [0, 0.1) is 6.92 Å². The van der Waals surface area contributed by atoms with E-state index in [1.807, 2.05) is 36.9 Å².